The molecule has 0 heterocycles. The first-order valence-electron chi connectivity index (χ1n) is 5.26. The van der Waals surface area contributed by atoms with E-state index in [0.29, 0.717) is 5.56 Å². The van der Waals surface area contributed by atoms with Crippen molar-refractivity contribution in [3.05, 3.63) is 81.8 Å². The molecule has 3 heteroatoms. The number of carbonyl (C=O) groups excluding carboxylic acids is 1. The summed E-state index contributed by atoms with van der Waals surface area (Å²) in [5.74, 6) is -0.0272. The monoisotopic (exact) mass is 366 g/mol. The zero-order valence-corrected chi connectivity index (χ0v) is 12.8. The normalized spacial score (nSPS) is 9.00. The summed E-state index contributed by atoms with van der Waals surface area (Å²) in [4.78, 5) is 10.9. The molecule has 2 aromatic rings. The molecule has 0 saturated heterocycles. The van der Waals surface area contributed by atoms with Crippen LogP contribution in [0, 0.1) is 0 Å². The van der Waals surface area contributed by atoms with Gasteiger partial charge in [-0.15, -0.1) is 0 Å². The Morgan fingerprint density at radius 3 is 1.72 bits per heavy atom. The van der Waals surface area contributed by atoms with Crippen LogP contribution in [-0.2, 0) is 0 Å². The highest BCUT2D eigenvalue weighted by molar-refractivity contribution is 9.11. The maximum Gasteiger partial charge on any atom is 0.185 e. The molecule has 0 bridgehead atoms. The third-order valence-electron chi connectivity index (χ3n) is 2.05. The van der Waals surface area contributed by atoms with Crippen molar-refractivity contribution in [2.75, 3.05) is 0 Å². The minimum Gasteiger partial charge on any atom is -0.289 e. The van der Waals surface area contributed by atoms with Gasteiger partial charge in [-0.1, -0.05) is 68.8 Å². The second kappa shape index (κ2) is 8.01. The Morgan fingerprint density at radius 2 is 1.33 bits per heavy atom. The third-order valence-corrected chi connectivity index (χ3v) is 3.10. The zero-order valence-electron chi connectivity index (χ0n) is 9.64. The molecule has 0 fully saturated rings. The van der Waals surface area contributed by atoms with Crippen molar-refractivity contribution in [2.24, 2.45) is 0 Å². The largest absolute Gasteiger partial charge is 0.289 e. The molecule has 0 radical (unpaired) electrons. The molecule has 0 amide bonds. The SMILES string of the molecule is Brc1ccc(Br)cc1.C=CC(=O)c1ccccc1. The molecule has 0 aliphatic rings. The Labute approximate surface area is 124 Å². The van der Waals surface area contributed by atoms with Gasteiger partial charge in [0.25, 0.3) is 0 Å². The van der Waals surface area contributed by atoms with Crippen LogP contribution >= 0.6 is 31.9 Å². The average molecular weight is 368 g/mol. The van der Waals surface area contributed by atoms with E-state index in [1.807, 2.05) is 42.5 Å². The van der Waals surface area contributed by atoms with Gasteiger partial charge in [-0.05, 0) is 30.3 Å². The zero-order chi connectivity index (χ0) is 13.4. The summed E-state index contributed by atoms with van der Waals surface area (Å²) >= 11 is 6.65. The summed E-state index contributed by atoms with van der Waals surface area (Å²) in [7, 11) is 0. The van der Waals surface area contributed by atoms with Crippen molar-refractivity contribution in [1.82, 2.24) is 0 Å². The van der Waals surface area contributed by atoms with E-state index in [4.69, 9.17) is 0 Å². The fourth-order valence-electron chi connectivity index (χ4n) is 1.15. The summed E-state index contributed by atoms with van der Waals surface area (Å²) in [6, 6.07) is 17.0. The second-order valence-corrected chi connectivity index (χ2v) is 5.20. The van der Waals surface area contributed by atoms with Crippen LogP contribution in [0.2, 0.25) is 0 Å². The molecule has 0 unspecified atom stereocenters. The highest BCUT2D eigenvalue weighted by Crippen LogP contribution is 2.14. The van der Waals surface area contributed by atoms with Gasteiger partial charge in [0.05, 0.1) is 0 Å². The lowest BCUT2D eigenvalue weighted by molar-refractivity contribution is 0.104. The fourth-order valence-corrected chi connectivity index (χ4v) is 1.68. The lowest BCUT2D eigenvalue weighted by Crippen LogP contribution is -1.90. The smallest absolute Gasteiger partial charge is 0.185 e. The van der Waals surface area contributed by atoms with Crippen LogP contribution in [-0.4, -0.2) is 5.78 Å². The Hall–Kier alpha value is -1.19. The van der Waals surface area contributed by atoms with E-state index in [1.54, 1.807) is 12.1 Å². The van der Waals surface area contributed by atoms with Gasteiger partial charge >= 0.3 is 0 Å². The summed E-state index contributed by atoms with van der Waals surface area (Å²) in [5.41, 5.74) is 0.692. The quantitative estimate of drug-likeness (QED) is 0.522. The Morgan fingerprint density at radius 1 is 0.889 bits per heavy atom. The third kappa shape index (κ3) is 5.43. The average Bonchev–Trinajstić information content (AvgIpc) is 2.43. The van der Waals surface area contributed by atoms with E-state index in [0.717, 1.165) is 8.95 Å². The highest BCUT2D eigenvalue weighted by Gasteiger charge is 1.95. The Kier molecular flexibility index (Phi) is 6.61. The van der Waals surface area contributed by atoms with Crippen molar-refractivity contribution < 1.29 is 4.79 Å². The predicted molar refractivity (Wildman–Crippen MR) is 82.8 cm³/mol. The first-order chi connectivity index (χ1) is 8.63. The number of hydrogen-bond acceptors (Lipinski definition) is 1. The number of rotatable bonds is 2. The number of allylic oxidation sites excluding steroid dienone is 1. The second-order valence-electron chi connectivity index (χ2n) is 3.37. The molecule has 2 rings (SSSR count). The molecule has 92 valence electrons. The topological polar surface area (TPSA) is 17.1 Å². The molecule has 18 heavy (non-hydrogen) atoms. The van der Waals surface area contributed by atoms with Crippen LogP contribution in [0.25, 0.3) is 0 Å². The van der Waals surface area contributed by atoms with Crippen LogP contribution in [0.5, 0.6) is 0 Å². The van der Waals surface area contributed by atoms with E-state index in [9.17, 15) is 4.79 Å². The van der Waals surface area contributed by atoms with Crippen molar-refractivity contribution in [2.45, 2.75) is 0 Å². The standard InChI is InChI=1S/C9H8O.C6H4Br2/c1-2-9(10)8-6-4-3-5-7-8;7-5-1-2-6(8)4-3-5/h2-7H,1H2;1-4H. The predicted octanol–water partition coefficient (Wildman–Crippen LogP) is 5.27. The van der Waals surface area contributed by atoms with Crippen LogP contribution in [0.3, 0.4) is 0 Å². The molecule has 0 atom stereocenters. The van der Waals surface area contributed by atoms with Gasteiger partial charge in [0.1, 0.15) is 0 Å². The number of hydrogen-bond donors (Lipinski definition) is 0. The highest BCUT2D eigenvalue weighted by atomic mass is 79.9. The summed E-state index contributed by atoms with van der Waals surface area (Å²) < 4.78 is 2.22. The first kappa shape index (κ1) is 14.9. The van der Waals surface area contributed by atoms with Gasteiger partial charge in [-0.3, -0.25) is 4.79 Å². The van der Waals surface area contributed by atoms with Crippen molar-refractivity contribution >= 4 is 37.6 Å². The summed E-state index contributed by atoms with van der Waals surface area (Å²) in [6.07, 6.45) is 1.31. The van der Waals surface area contributed by atoms with Crippen LogP contribution in [0.15, 0.2) is 76.2 Å². The van der Waals surface area contributed by atoms with Crippen LogP contribution < -0.4 is 0 Å². The molecule has 0 aliphatic heterocycles. The molecule has 2 aromatic carbocycles. The summed E-state index contributed by atoms with van der Waals surface area (Å²) in [5, 5.41) is 0. The molecule has 0 N–H and O–H groups in total. The summed E-state index contributed by atoms with van der Waals surface area (Å²) in [6.45, 7) is 3.39. The maximum absolute atomic E-state index is 10.9. The first-order valence-corrected chi connectivity index (χ1v) is 6.85. The van der Waals surface area contributed by atoms with Gasteiger partial charge in [-0.2, -0.15) is 0 Å². The van der Waals surface area contributed by atoms with Gasteiger partial charge < -0.3 is 0 Å². The molecule has 0 saturated carbocycles. The minimum absolute atomic E-state index is 0.0272. The van der Waals surface area contributed by atoms with Crippen LogP contribution in [0.4, 0.5) is 0 Å². The van der Waals surface area contributed by atoms with Crippen molar-refractivity contribution in [1.29, 1.82) is 0 Å². The van der Waals surface area contributed by atoms with E-state index >= 15 is 0 Å². The number of carbonyl (C=O) groups is 1. The molecule has 0 spiro atoms. The minimum atomic E-state index is -0.0272. The van der Waals surface area contributed by atoms with Gasteiger partial charge in [-0.25, -0.2) is 0 Å². The van der Waals surface area contributed by atoms with Gasteiger partial charge in [0, 0.05) is 14.5 Å². The molecule has 0 aromatic heterocycles. The molecule has 0 aliphatic carbocycles. The molecule has 1 nitrogen and oxygen atoms in total. The van der Waals surface area contributed by atoms with E-state index in [2.05, 4.69) is 38.4 Å². The van der Waals surface area contributed by atoms with E-state index < -0.39 is 0 Å². The van der Waals surface area contributed by atoms with Crippen molar-refractivity contribution in [3.63, 3.8) is 0 Å². The van der Waals surface area contributed by atoms with Gasteiger partial charge in [0.15, 0.2) is 5.78 Å². The molecular formula is C15H12Br2O. The number of halogens is 2. The Bertz CT molecular complexity index is 483. The fraction of sp³-hybridized carbons (Fsp3) is 0. The van der Waals surface area contributed by atoms with Crippen molar-refractivity contribution in [3.8, 4) is 0 Å². The van der Waals surface area contributed by atoms with Gasteiger partial charge in [0.2, 0.25) is 0 Å². The Balaban J connectivity index is 0.000000184. The lowest BCUT2D eigenvalue weighted by atomic mass is 10.1. The lowest BCUT2D eigenvalue weighted by Gasteiger charge is -1.90. The van der Waals surface area contributed by atoms with Crippen LogP contribution in [0.1, 0.15) is 10.4 Å². The molecular weight excluding hydrogens is 356 g/mol. The maximum atomic E-state index is 10.9. The number of ketones is 1. The van der Waals surface area contributed by atoms with E-state index in [-0.39, 0.29) is 5.78 Å². The number of benzene rings is 2. The van der Waals surface area contributed by atoms with E-state index in [1.165, 1.54) is 6.08 Å².